The Kier molecular flexibility index (Phi) is 24.7. The highest BCUT2D eigenvalue weighted by molar-refractivity contribution is 5.64. The molecule has 0 bridgehead atoms. The van der Waals surface area contributed by atoms with Gasteiger partial charge in [0.05, 0.1) is 0 Å². The first-order valence-electron chi connectivity index (χ1n) is 32.9. The molecular weight excluding hydrogens is 1740 g/mol. The van der Waals surface area contributed by atoms with Crippen LogP contribution in [0.4, 0.5) is 194 Å². The predicted molar refractivity (Wildman–Crippen MR) is 328 cm³/mol. The van der Waals surface area contributed by atoms with Gasteiger partial charge in [-0.2, -0.15) is 203 Å². The van der Waals surface area contributed by atoms with Crippen molar-refractivity contribution >= 4 is 35.7 Å². The molecule has 9 heterocycles. The van der Waals surface area contributed by atoms with Gasteiger partial charge in [0.2, 0.25) is 35.7 Å². The molecule has 0 aliphatic carbocycles. The quantitative estimate of drug-likeness (QED) is 0.0415. The van der Waals surface area contributed by atoms with E-state index in [1.807, 2.05) is 0 Å². The Labute approximate surface area is 639 Å². The van der Waals surface area contributed by atoms with Crippen LogP contribution in [0.1, 0.15) is 29.2 Å². The Bertz CT molecular complexity index is 4150. The number of halogens is 36. The van der Waals surface area contributed by atoms with Gasteiger partial charge in [0.15, 0.2) is 38.1 Å². The molecule has 3 aliphatic heterocycles. The standard InChI is InChI=1S/C59H50F36N20O4/c1-26-18-30(19-27(2)96-26)32-98-33(31-20-28(3)97-29(4)21-31)100-34(99-32)110-6-5-7-111(9-8-110)35-101-36(112-10-14-114(15-11-112)38-104-40(116-22-44(60,61)48(68,69)52(76,77)56(84,85)86)108-41(105-38)117-23-45(62,63)49(70,71)53(78,79)57(87,88)89)103-37(102-35)113-12-16-115(17-13-113)39-106-42(118-24-46(64,65)50(72,73)54(80,81)58(90,91)92)109-43(107-39)119-25-47(66,67)51(74,75)55(82,83)59(93,94)95/h18-21H,5-17,22-25H2,1-4H3. The largest absolute Gasteiger partial charge is 0.460 e. The molecule has 24 nitrogen and oxygen atoms in total. The summed E-state index contributed by atoms with van der Waals surface area (Å²) in [6.07, 6.45) is -29.6. The molecule has 3 aliphatic rings. The van der Waals surface area contributed by atoms with Gasteiger partial charge in [0.1, 0.15) is 0 Å². The molecule has 0 radical (unpaired) electrons. The Hall–Kier alpha value is -10.2. The Morgan fingerprint density at radius 3 is 0.613 bits per heavy atom. The summed E-state index contributed by atoms with van der Waals surface area (Å²) in [5, 5.41) is 0. The van der Waals surface area contributed by atoms with Crippen molar-refractivity contribution < 1.29 is 177 Å². The van der Waals surface area contributed by atoms with Gasteiger partial charge in [-0.05, 0) is 58.4 Å². The zero-order valence-electron chi connectivity index (χ0n) is 59.5. The van der Waals surface area contributed by atoms with E-state index in [-0.39, 0.29) is 56.1 Å². The molecule has 3 fully saturated rings. The number of aryl methyl sites for hydroxylation is 4. The monoisotopic (exact) mass is 1790 g/mol. The van der Waals surface area contributed by atoms with Crippen LogP contribution in [0.15, 0.2) is 24.3 Å². The molecule has 3 saturated heterocycles. The van der Waals surface area contributed by atoms with Gasteiger partial charge in [-0.1, -0.05) is 0 Å². The summed E-state index contributed by atoms with van der Waals surface area (Å²) in [4.78, 5) is 62.7. The molecule has 6 aromatic rings. The van der Waals surface area contributed by atoms with Crippen LogP contribution >= 0.6 is 0 Å². The summed E-state index contributed by atoms with van der Waals surface area (Å²) in [6, 6.07) is -1.54. The zero-order valence-corrected chi connectivity index (χ0v) is 59.5. The van der Waals surface area contributed by atoms with Crippen molar-refractivity contribution in [2.75, 3.05) is 134 Å². The highest BCUT2D eigenvalue weighted by Crippen LogP contribution is 2.58. The summed E-state index contributed by atoms with van der Waals surface area (Å²) in [5.41, 5.74) is 3.25. The fourth-order valence-electron chi connectivity index (χ4n) is 10.8. The third-order valence-electron chi connectivity index (χ3n) is 17.2. The van der Waals surface area contributed by atoms with Gasteiger partial charge in [-0.25, -0.2) is 4.98 Å². The third-order valence-corrected chi connectivity index (χ3v) is 17.2. The second kappa shape index (κ2) is 31.8. The summed E-state index contributed by atoms with van der Waals surface area (Å²) in [7, 11) is 0. The number of alkyl halides is 36. The maximum absolute atomic E-state index is 14.7. The lowest BCUT2D eigenvalue weighted by atomic mass is 10.0. The third kappa shape index (κ3) is 18.3. The van der Waals surface area contributed by atoms with Crippen molar-refractivity contribution in [3.8, 4) is 46.8 Å². The van der Waals surface area contributed by atoms with Gasteiger partial charge >= 0.3 is 120 Å². The topological polar surface area (TPSA) is 237 Å². The van der Waals surface area contributed by atoms with Gasteiger partial charge in [0, 0.05) is 112 Å². The molecule has 0 saturated carbocycles. The molecular formula is C59H50F36N20O4. The van der Waals surface area contributed by atoms with E-state index in [9.17, 15) is 158 Å². The molecule has 662 valence electrons. The minimum atomic E-state index is -7.59. The second-order valence-electron chi connectivity index (χ2n) is 26.0. The molecule has 0 N–H and O–H groups in total. The van der Waals surface area contributed by atoms with Crippen LogP contribution in [-0.2, 0) is 0 Å². The van der Waals surface area contributed by atoms with E-state index in [1.54, 1.807) is 56.9 Å². The lowest BCUT2D eigenvalue weighted by Crippen LogP contribution is -2.62. The van der Waals surface area contributed by atoms with E-state index in [1.165, 1.54) is 14.7 Å². The number of hydrogen-bond acceptors (Lipinski definition) is 24. The fourth-order valence-corrected chi connectivity index (χ4v) is 10.8. The second-order valence-corrected chi connectivity index (χ2v) is 26.0. The van der Waals surface area contributed by atoms with E-state index in [2.05, 4.69) is 73.8 Å². The van der Waals surface area contributed by atoms with Crippen molar-refractivity contribution in [1.29, 1.82) is 0 Å². The van der Waals surface area contributed by atoms with Crippen LogP contribution in [0.3, 0.4) is 0 Å². The SMILES string of the molecule is Cc1cc(-c2nc(-c3cc(C)nc(C)c3)nc(N3CCCN(c4nc(N5CCN(c6nc(OCC(F)(F)C(F)(F)C(F)(F)C(F)(F)F)nc(OCC(F)(F)C(F)(F)C(F)(F)C(F)(F)F)n6)CC5)nc(N5CCN(c6nc(OCC(F)(F)C(F)(F)C(F)(F)C(F)(F)F)nc(OCC(F)(F)C(F)(F)C(F)(F)C(F)(F)F)n6)CC5)n4)CC3)n2)cc(C)n1. The van der Waals surface area contributed by atoms with Crippen molar-refractivity contribution in [2.45, 2.75) is 130 Å². The maximum atomic E-state index is 14.7. The number of piperazine rings is 2. The molecule has 0 atom stereocenters. The first kappa shape index (κ1) is 92.7. The number of pyridine rings is 2. The van der Waals surface area contributed by atoms with Crippen LogP contribution < -0.4 is 48.3 Å². The number of anilines is 6. The van der Waals surface area contributed by atoms with Gasteiger partial charge in [-0.3, -0.25) is 9.97 Å². The van der Waals surface area contributed by atoms with Crippen LogP contribution in [-0.4, -0.2) is 271 Å². The average Bonchev–Trinajstić information content (AvgIpc) is 1.21. The molecule has 6 aromatic heterocycles. The molecule has 0 spiro atoms. The number of aromatic nitrogens is 14. The number of hydrogen-bond donors (Lipinski definition) is 0. The minimum absolute atomic E-state index is 0.0229. The van der Waals surface area contributed by atoms with Gasteiger partial charge in [0.25, 0.3) is 0 Å². The van der Waals surface area contributed by atoms with E-state index < -0.39 is 222 Å². The maximum Gasteiger partial charge on any atom is 0.460 e. The average molecular weight is 1790 g/mol. The lowest BCUT2D eigenvalue weighted by molar-refractivity contribution is -0.398. The predicted octanol–water partition coefficient (Wildman–Crippen LogP) is 13.5. The molecule has 119 heavy (non-hydrogen) atoms. The fraction of sp³-hybridized carbons (Fsp3) is 0.627. The van der Waals surface area contributed by atoms with Crippen LogP contribution in [0, 0.1) is 27.7 Å². The molecule has 0 amide bonds. The summed E-state index contributed by atoms with van der Waals surface area (Å²) < 4.78 is 515. The summed E-state index contributed by atoms with van der Waals surface area (Å²) >= 11 is 0. The molecule has 0 unspecified atom stereocenters. The van der Waals surface area contributed by atoms with E-state index in [4.69, 9.17) is 15.0 Å². The number of ether oxygens (including phenoxy) is 4. The van der Waals surface area contributed by atoms with Crippen LogP contribution in [0.2, 0.25) is 0 Å². The lowest BCUT2D eigenvalue weighted by Gasteiger charge is -2.37. The Morgan fingerprint density at radius 2 is 0.412 bits per heavy atom. The van der Waals surface area contributed by atoms with Gasteiger partial charge in [-0.15, -0.1) is 9.97 Å². The molecule has 60 heteroatoms. The Balaban J connectivity index is 1.07. The van der Waals surface area contributed by atoms with Crippen LogP contribution in [0.5, 0.6) is 24.0 Å². The normalized spacial score (nSPS) is 16.5. The summed E-state index contributed by atoms with van der Waals surface area (Å²) in [5.74, 6) is -90.3. The van der Waals surface area contributed by atoms with Crippen molar-refractivity contribution in [2.24, 2.45) is 0 Å². The van der Waals surface area contributed by atoms with E-state index >= 15 is 0 Å². The smallest absolute Gasteiger partial charge is 0.457 e. The van der Waals surface area contributed by atoms with Crippen molar-refractivity contribution in [3.63, 3.8) is 0 Å². The highest BCUT2D eigenvalue weighted by Gasteiger charge is 2.85. The van der Waals surface area contributed by atoms with Crippen LogP contribution in [0.25, 0.3) is 22.8 Å². The first-order chi connectivity index (χ1) is 54.1. The van der Waals surface area contributed by atoms with Crippen molar-refractivity contribution in [1.82, 2.24) is 69.8 Å². The van der Waals surface area contributed by atoms with Crippen molar-refractivity contribution in [3.05, 3.63) is 47.0 Å². The number of nitrogens with zero attached hydrogens (tertiary/aromatic N) is 20. The van der Waals surface area contributed by atoms with E-state index in [0.717, 1.165) is 9.80 Å². The highest BCUT2D eigenvalue weighted by atomic mass is 19.5. The Morgan fingerprint density at radius 1 is 0.227 bits per heavy atom. The first-order valence-corrected chi connectivity index (χ1v) is 32.9. The number of rotatable bonds is 28. The minimum Gasteiger partial charge on any atom is -0.457 e. The molecule has 0 aromatic carbocycles. The van der Waals surface area contributed by atoms with Gasteiger partial charge < -0.3 is 48.3 Å². The molecule has 9 rings (SSSR count). The summed E-state index contributed by atoms with van der Waals surface area (Å²) in [6.45, 7) is -12.1. The van der Waals surface area contributed by atoms with E-state index in [0.29, 0.717) is 33.9 Å². The zero-order chi connectivity index (χ0) is 89.4.